The van der Waals surface area contributed by atoms with Crippen LogP contribution in [0, 0.1) is 0 Å². The van der Waals surface area contributed by atoms with Crippen molar-refractivity contribution in [3.8, 4) is 0 Å². The highest BCUT2D eigenvalue weighted by Crippen LogP contribution is 2.46. The van der Waals surface area contributed by atoms with E-state index in [9.17, 15) is 24.1 Å². The number of halogens is 1. The van der Waals surface area contributed by atoms with E-state index in [1.807, 2.05) is 0 Å². The third-order valence-corrected chi connectivity index (χ3v) is 10.7. The van der Waals surface area contributed by atoms with Gasteiger partial charge in [0.2, 0.25) is 0 Å². The molecule has 1 saturated heterocycles. The van der Waals surface area contributed by atoms with Crippen molar-refractivity contribution in [1.29, 1.82) is 0 Å². The summed E-state index contributed by atoms with van der Waals surface area (Å²) in [4.78, 5) is 41.9. The summed E-state index contributed by atoms with van der Waals surface area (Å²) in [6, 6.07) is -0.963. The van der Waals surface area contributed by atoms with Crippen LogP contribution < -0.4 is 21.6 Å². The van der Waals surface area contributed by atoms with Crippen LogP contribution in [0.4, 0.5) is 10.2 Å². The second kappa shape index (κ2) is 15.4. The van der Waals surface area contributed by atoms with Crippen LogP contribution in [0.15, 0.2) is 17.1 Å². The Morgan fingerprint density at radius 3 is 2.07 bits per heavy atom. The van der Waals surface area contributed by atoms with Gasteiger partial charge in [-0.3, -0.25) is 18.7 Å². The summed E-state index contributed by atoms with van der Waals surface area (Å²) in [6.45, 7) is 3.88. The molecule has 0 bridgehead atoms. The molecule has 6 atom stereocenters. The minimum absolute atomic E-state index is 0.0131. The maximum Gasteiger partial charge on any atom is 0.351 e. The van der Waals surface area contributed by atoms with Gasteiger partial charge in [0, 0.05) is 6.20 Å². The van der Waals surface area contributed by atoms with Crippen LogP contribution in [0.5, 0.6) is 0 Å². The second-order valence-electron chi connectivity index (χ2n) is 12.3. The molecule has 2 aliphatic carbocycles. The molecule has 0 aromatic carbocycles. The minimum atomic E-state index is -4.32. The molecule has 3 aliphatic rings. The Kier molecular flexibility index (Phi) is 12.2. The quantitative estimate of drug-likeness (QED) is 0.179. The normalized spacial score (nSPS) is 29.0. The number of carbonyl (C=O) groups excluding carboxylic acids is 2. The lowest BCUT2D eigenvalue weighted by molar-refractivity contribution is -0.152. The first-order chi connectivity index (χ1) is 21.4. The highest BCUT2D eigenvalue weighted by atomic mass is 31.2. The van der Waals surface area contributed by atoms with E-state index in [-0.39, 0.29) is 24.4 Å². The number of hydrogen-bond donors (Lipinski definition) is 4. The summed E-state index contributed by atoms with van der Waals surface area (Å²) in [5, 5.41) is 16.3. The molecule has 1 aromatic heterocycles. The minimum Gasteiger partial charge on any atom is -0.461 e. The van der Waals surface area contributed by atoms with Crippen LogP contribution in [-0.2, 0) is 32.9 Å². The number of aliphatic hydroxyl groups is 1. The number of nitrogen functional groups attached to an aromatic ring is 1. The molecule has 2 saturated carbocycles. The standard InChI is InChI=1S/C29H47FN5O9P/c1-4-29(24(36)23(30)25(44-29)35-16-15-22(31)32-28(35)39)17-41-45(40,33-18(2)26(37)42-20-11-7-5-8-12-20)34-19(3)27(38)43-21-13-9-6-10-14-21/h15-16,18-21,23-25,36H,4-14,17H2,1-3H3,(H2,31,32,39)(H2,33,34,40). The Bertz CT molecular complexity index is 1230. The van der Waals surface area contributed by atoms with Gasteiger partial charge in [0.1, 0.15) is 41.8 Å². The number of aliphatic hydroxyl groups excluding tert-OH is 1. The summed E-state index contributed by atoms with van der Waals surface area (Å²) in [6.07, 6.45) is 4.12. The van der Waals surface area contributed by atoms with Crippen LogP contribution in [0.1, 0.15) is 97.6 Å². The number of nitrogens with zero attached hydrogens (tertiary/aromatic N) is 2. The fourth-order valence-electron chi connectivity index (χ4n) is 5.99. The monoisotopic (exact) mass is 659 g/mol. The number of anilines is 1. The third-order valence-electron chi connectivity index (χ3n) is 8.79. The number of carbonyl (C=O) groups is 2. The average Bonchev–Trinajstić information content (AvgIpc) is 3.26. The van der Waals surface area contributed by atoms with E-state index >= 15 is 4.39 Å². The van der Waals surface area contributed by atoms with Crippen LogP contribution >= 0.6 is 7.67 Å². The summed E-state index contributed by atoms with van der Waals surface area (Å²) in [5.41, 5.74) is 2.91. The molecular formula is C29H47FN5O9P. The molecule has 45 heavy (non-hydrogen) atoms. The number of alkyl halides is 1. The largest absolute Gasteiger partial charge is 0.461 e. The summed E-state index contributed by atoms with van der Waals surface area (Å²) in [7, 11) is -4.32. The first kappa shape index (κ1) is 35.4. The molecule has 0 radical (unpaired) electrons. The predicted octanol–water partition coefficient (Wildman–Crippen LogP) is 3.03. The fraction of sp³-hybridized carbons (Fsp3) is 0.793. The van der Waals surface area contributed by atoms with Crippen molar-refractivity contribution in [2.75, 3.05) is 12.3 Å². The van der Waals surface area contributed by atoms with Gasteiger partial charge >= 0.3 is 25.3 Å². The number of esters is 2. The molecule has 1 aromatic rings. The van der Waals surface area contributed by atoms with E-state index in [0.717, 1.165) is 68.8 Å². The van der Waals surface area contributed by atoms with Crippen molar-refractivity contribution in [1.82, 2.24) is 19.7 Å². The Morgan fingerprint density at radius 2 is 1.60 bits per heavy atom. The average molecular weight is 660 g/mol. The van der Waals surface area contributed by atoms with E-state index in [1.165, 1.54) is 26.1 Å². The molecule has 3 fully saturated rings. The summed E-state index contributed by atoms with van der Waals surface area (Å²) in [5.74, 6) is -1.36. The van der Waals surface area contributed by atoms with Gasteiger partial charge in [-0.25, -0.2) is 19.4 Å². The lowest BCUT2D eigenvalue weighted by Crippen LogP contribution is -2.48. The molecule has 0 spiro atoms. The summed E-state index contributed by atoms with van der Waals surface area (Å²) < 4.78 is 53.6. The molecule has 0 amide bonds. The van der Waals surface area contributed by atoms with E-state index in [2.05, 4.69) is 15.2 Å². The molecule has 6 unspecified atom stereocenters. The van der Waals surface area contributed by atoms with Gasteiger partial charge in [0.05, 0.1) is 6.61 Å². The molecule has 1 aliphatic heterocycles. The third kappa shape index (κ3) is 8.89. The van der Waals surface area contributed by atoms with Crippen molar-refractivity contribution < 1.29 is 42.4 Å². The van der Waals surface area contributed by atoms with Gasteiger partial charge in [-0.05, 0) is 77.7 Å². The second-order valence-corrected chi connectivity index (χ2v) is 14.2. The van der Waals surface area contributed by atoms with Crippen LogP contribution in [0.3, 0.4) is 0 Å². The van der Waals surface area contributed by atoms with Crippen LogP contribution in [-0.4, -0.2) is 75.4 Å². The molecular weight excluding hydrogens is 612 g/mol. The van der Waals surface area contributed by atoms with Crippen molar-refractivity contribution in [3.63, 3.8) is 0 Å². The number of rotatable bonds is 13. The maximum atomic E-state index is 15.5. The Hall–Kier alpha value is -2.42. The molecule has 4 rings (SSSR count). The lowest BCUT2D eigenvalue weighted by atomic mass is 9.94. The predicted molar refractivity (Wildman–Crippen MR) is 162 cm³/mol. The van der Waals surface area contributed by atoms with Crippen molar-refractivity contribution in [2.45, 2.75) is 140 Å². The van der Waals surface area contributed by atoms with Gasteiger partial charge in [-0.1, -0.05) is 19.8 Å². The van der Waals surface area contributed by atoms with Crippen LogP contribution in [0.25, 0.3) is 0 Å². The molecule has 16 heteroatoms. The first-order valence-corrected chi connectivity index (χ1v) is 17.5. The highest BCUT2D eigenvalue weighted by molar-refractivity contribution is 7.54. The van der Waals surface area contributed by atoms with Crippen molar-refractivity contribution in [3.05, 3.63) is 22.7 Å². The molecule has 254 valence electrons. The maximum absolute atomic E-state index is 15.5. The Labute approximate surface area is 262 Å². The van der Waals surface area contributed by atoms with Crippen molar-refractivity contribution >= 4 is 25.4 Å². The van der Waals surface area contributed by atoms with Gasteiger partial charge in [0.15, 0.2) is 12.4 Å². The van der Waals surface area contributed by atoms with E-state index in [1.54, 1.807) is 6.92 Å². The molecule has 5 N–H and O–H groups in total. The van der Waals surface area contributed by atoms with Crippen LogP contribution in [0.2, 0.25) is 0 Å². The van der Waals surface area contributed by atoms with Gasteiger partial charge < -0.3 is 29.6 Å². The van der Waals surface area contributed by atoms with Gasteiger partial charge in [0.25, 0.3) is 0 Å². The number of nitrogens with two attached hydrogens (primary N) is 1. The smallest absolute Gasteiger partial charge is 0.351 e. The van der Waals surface area contributed by atoms with Crippen molar-refractivity contribution in [2.24, 2.45) is 0 Å². The lowest BCUT2D eigenvalue weighted by Gasteiger charge is -2.34. The molecule has 2 heterocycles. The van der Waals surface area contributed by atoms with E-state index in [0.29, 0.717) is 0 Å². The van der Waals surface area contributed by atoms with Gasteiger partial charge in [-0.2, -0.15) is 4.98 Å². The Balaban J connectivity index is 1.51. The van der Waals surface area contributed by atoms with E-state index in [4.69, 9.17) is 24.5 Å². The SMILES string of the molecule is CCC1(COP(=O)(NC(C)C(=O)OC2CCCCC2)NC(C)C(=O)OC2CCCCC2)OC(n2ccc(N)nc2=O)C(F)C1O. The summed E-state index contributed by atoms with van der Waals surface area (Å²) >= 11 is 0. The first-order valence-electron chi connectivity index (χ1n) is 15.9. The Morgan fingerprint density at radius 1 is 1.09 bits per heavy atom. The number of aromatic nitrogens is 2. The van der Waals surface area contributed by atoms with E-state index < -0.39 is 68.1 Å². The zero-order valence-electron chi connectivity index (χ0n) is 26.2. The zero-order valence-corrected chi connectivity index (χ0v) is 27.1. The molecule has 14 nitrogen and oxygen atoms in total. The fourth-order valence-corrected chi connectivity index (χ4v) is 7.85. The number of hydrogen-bond acceptors (Lipinski definition) is 11. The topological polar surface area (TPSA) is 193 Å². The zero-order chi connectivity index (χ0) is 32.8. The van der Waals surface area contributed by atoms with Gasteiger partial charge in [-0.15, -0.1) is 0 Å². The number of nitrogens with one attached hydrogen (secondary N) is 2. The highest BCUT2D eigenvalue weighted by Gasteiger charge is 2.56. The number of ether oxygens (including phenoxy) is 3.